The highest BCUT2D eigenvalue weighted by Gasteiger charge is 2.19. The Morgan fingerprint density at radius 1 is 1.00 bits per heavy atom. The molecule has 0 saturated carbocycles. The van der Waals surface area contributed by atoms with Crippen molar-refractivity contribution in [2.24, 2.45) is 0 Å². The zero-order chi connectivity index (χ0) is 20.2. The van der Waals surface area contributed by atoms with Gasteiger partial charge in [-0.25, -0.2) is 9.67 Å². The van der Waals surface area contributed by atoms with E-state index in [9.17, 15) is 4.79 Å². The molecule has 0 unspecified atom stereocenters. The molecule has 0 spiro atoms. The van der Waals surface area contributed by atoms with E-state index in [0.29, 0.717) is 17.4 Å². The third kappa shape index (κ3) is 4.55. The van der Waals surface area contributed by atoms with E-state index in [1.165, 1.54) is 0 Å². The average Bonchev–Trinajstić information content (AvgIpc) is 3.19. The fourth-order valence-electron chi connectivity index (χ4n) is 2.84. The quantitative estimate of drug-likeness (QED) is 0.434. The van der Waals surface area contributed by atoms with Gasteiger partial charge in [0.05, 0.1) is 5.69 Å². The van der Waals surface area contributed by atoms with Gasteiger partial charge in [0.15, 0.2) is 5.82 Å². The molecule has 7 heteroatoms. The highest BCUT2D eigenvalue weighted by atomic mass is 79.9. The Kier molecular flexibility index (Phi) is 5.74. The summed E-state index contributed by atoms with van der Waals surface area (Å²) in [7, 11) is 0. The number of rotatable bonds is 5. The predicted molar refractivity (Wildman–Crippen MR) is 117 cm³/mol. The Morgan fingerprint density at radius 3 is 2.48 bits per heavy atom. The van der Waals surface area contributed by atoms with Gasteiger partial charge in [-0.2, -0.15) is 0 Å². The standard InChI is InChI=1S/C22H16BrClN4O/c23-17-9-11-19(12-10-17)28-21(16-7-4-8-18(24)13-16)26-20(27-28)22(29)25-14-15-5-2-1-3-6-15/h1-13H,14H2,(H,25,29). The molecular formula is C22H16BrClN4O. The molecule has 0 saturated heterocycles. The number of nitrogens with one attached hydrogen (secondary N) is 1. The zero-order valence-electron chi connectivity index (χ0n) is 15.2. The smallest absolute Gasteiger partial charge is 0.291 e. The molecule has 5 nitrogen and oxygen atoms in total. The van der Waals surface area contributed by atoms with Gasteiger partial charge in [0, 0.05) is 21.6 Å². The van der Waals surface area contributed by atoms with Crippen molar-refractivity contribution in [1.82, 2.24) is 20.1 Å². The lowest BCUT2D eigenvalue weighted by Crippen LogP contribution is -2.24. The van der Waals surface area contributed by atoms with Gasteiger partial charge in [0.1, 0.15) is 0 Å². The summed E-state index contributed by atoms with van der Waals surface area (Å²) in [6.07, 6.45) is 0. The van der Waals surface area contributed by atoms with E-state index in [1.54, 1.807) is 16.8 Å². The molecule has 0 aliphatic carbocycles. The Labute approximate surface area is 181 Å². The molecular weight excluding hydrogens is 452 g/mol. The van der Waals surface area contributed by atoms with Crippen LogP contribution in [-0.2, 0) is 6.54 Å². The van der Waals surface area contributed by atoms with E-state index in [4.69, 9.17) is 11.6 Å². The van der Waals surface area contributed by atoms with Crippen molar-refractivity contribution >= 4 is 33.4 Å². The molecule has 1 aromatic heterocycles. The molecule has 0 bridgehead atoms. The summed E-state index contributed by atoms with van der Waals surface area (Å²) in [6, 6.07) is 24.6. The van der Waals surface area contributed by atoms with Gasteiger partial charge < -0.3 is 5.32 Å². The second-order valence-corrected chi connectivity index (χ2v) is 7.68. The molecule has 1 N–H and O–H groups in total. The minimum absolute atomic E-state index is 0.0961. The lowest BCUT2D eigenvalue weighted by Gasteiger charge is -2.06. The van der Waals surface area contributed by atoms with Gasteiger partial charge in [0.25, 0.3) is 5.91 Å². The zero-order valence-corrected chi connectivity index (χ0v) is 17.6. The first-order valence-electron chi connectivity index (χ1n) is 8.91. The predicted octanol–water partition coefficient (Wildman–Crippen LogP) is 5.28. The van der Waals surface area contributed by atoms with Crippen LogP contribution in [0.15, 0.2) is 83.3 Å². The van der Waals surface area contributed by atoms with Crippen LogP contribution in [0.4, 0.5) is 0 Å². The van der Waals surface area contributed by atoms with Crippen LogP contribution in [0.3, 0.4) is 0 Å². The van der Waals surface area contributed by atoms with E-state index >= 15 is 0 Å². The molecule has 0 radical (unpaired) electrons. The van der Waals surface area contributed by atoms with Gasteiger partial charge in [-0.05, 0) is 42.0 Å². The largest absolute Gasteiger partial charge is 0.345 e. The number of benzene rings is 3. The number of amides is 1. The first kappa shape index (κ1) is 19.4. The monoisotopic (exact) mass is 466 g/mol. The molecule has 3 aromatic carbocycles. The number of halogens is 2. The highest BCUT2D eigenvalue weighted by molar-refractivity contribution is 9.10. The van der Waals surface area contributed by atoms with E-state index < -0.39 is 0 Å². The third-order valence-corrected chi connectivity index (χ3v) is 5.02. The fraction of sp³-hybridized carbons (Fsp3) is 0.0455. The SMILES string of the molecule is O=C(NCc1ccccc1)c1nc(-c2cccc(Cl)c2)n(-c2ccc(Br)cc2)n1. The van der Waals surface area contributed by atoms with Crippen LogP contribution in [0, 0.1) is 0 Å². The fourth-order valence-corrected chi connectivity index (χ4v) is 3.30. The van der Waals surface area contributed by atoms with E-state index in [-0.39, 0.29) is 11.7 Å². The van der Waals surface area contributed by atoms with Crippen LogP contribution in [-0.4, -0.2) is 20.7 Å². The Balaban J connectivity index is 1.69. The second kappa shape index (κ2) is 8.59. The number of hydrogen-bond donors (Lipinski definition) is 1. The van der Waals surface area contributed by atoms with Crippen molar-refractivity contribution in [3.05, 3.63) is 99.7 Å². The van der Waals surface area contributed by atoms with Crippen LogP contribution in [0.25, 0.3) is 17.1 Å². The Morgan fingerprint density at radius 2 is 1.76 bits per heavy atom. The van der Waals surface area contributed by atoms with Gasteiger partial charge in [-0.3, -0.25) is 4.79 Å². The molecule has 0 atom stereocenters. The van der Waals surface area contributed by atoms with Crippen LogP contribution in [0.5, 0.6) is 0 Å². The number of carbonyl (C=O) groups is 1. The normalized spacial score (nSPS) is 10.7. The first-order valence-corrected chi connectivity index (χ1v) is 10.1. The van der Waals surface area contributed by atoms with Crippen LogP contribution in [0.1, 0.15) is 16.2 Å². The topological polar surface area (TPSA) is 59.8 Å². The molecule has 0 fully saturated rings. The maximum absolute atomic E-state index is 12.7. The van der Waals surface area contributed by atoms with Gasteiger partial charge in [0.2, 0.25) is 5.82 Å². The third-order valence-electron chi connectivity index (χ3n) is 4.26. The number of nitrogens with zero attached hydrogens (tertiary/aromatic N) is 3. The molecule has 1 amide bonds. The maximum atomic E-state index is 12.7. The lowest BCUT2D eigenvalue weighted by molar-refractivity contribution is 0.0940. The van der Waals surface area contributed by atoms with Crippen LogP contribution < -0.4 is 5.32 Å². The van der Waals surface area contributed by atoms with E-state index in [0.717, 1.165) is 21.3 Å². The number of aromatic nitrogens is 3. The Hall–Kier alpha value is -2.96. The summed E-state index contributed by atoms with van der Waals surface area (Å²) >= 11 is 9.59. The molecule has 1 heterocycles. The van der Waals surface area contributed by atoms with Gasteiger partial charge >= 0.3 is 0 Å². The van der Waals surface area contributed by atoms with Crippen molar-refractivity contribution in [2.45, 2.75) is 6.54 Å². The van der Waals surface area contributed by atoms with Crippen molar-refractivity contribution in [3.8, 4) is 17.1 Å². The number of carbonyl (C=O) groups excluding carboxylic acids is 1. The molecule has 4 aromatic rings. The van der Waals surface area contributed by atoms with Crippen molar-refractivity contribution < 1.29 is 4.79 Å². The first-order chi connectivity index (χ1) is 14.1. The van der Waals surface area contributed by atoms with Gasteiger partial charge in [-0.1, -0.05) is 70.0 Å². The summed E-state index contributed by atoms with van der Waals surface area (Å²) in [5, 5.41) is 7.92. The van der Waals surface area contributed by atoms with Crippen molar-refractivity contribution in [1.29, 1.82) is 0 Å². The molecule has 29 heavy (non-hydrogen) atoms. The summed E-state index contributed by atoms with van der Waals surface area (Å²) < 4.78 is 2.60. The summed E-state index contributed by atoms with van der Waals surface area (Å²) in [5.74, 6) is 0.298. The van der Waals surface area contributed by atoms with Crippen LogP contribution >= 0.6 is 27.5 Å². The van der Waals surface area contributed by atoms with Crippen LogP contribution in [0.2, 0.25) is 5.02 Å². The lowest BCUT2D eigenvalue weighted by atomic mass is 10.2. The summed E-state index contributed by atoms with van der Waals surface area (Å²) in [5.41, 5.74) is 2.57. The summed E-state index contributed by atoms with van der Waals surface area (Å²) in [4.78, 5) is 17.2. The molecule has 0 aliphatic rings. The molecule has 4 rings (SSSR count). The van der Waals surface area contributed by atoms with E-state index in [2.05, 4.69) is 31.3 Å². The highest BCUT2D eigenvalue weighted by Crippen LogP contribution is 2.24. The molecule has 0 aliphatic heterocycles. The minimum Gasteiger partial charge on any atom is -0.345 e. The van der Waals surface area contributed by atoms with Crippen molar-refractivity contribution in [3.63, 3.8) is 0 Å². The summed E-state index contributed by atoms with van der Waals surface area (Å²) in [6.45, 7) is 0.402. The maximum Gasteiger partial charge on any atom is 0.291 e. The second-order valence-electron chi connectivity index (χ2n) is 6.33. The average molecular weight is 468 g/mol. The van der Waals surface area contributed by atoms with E-state index in [1.807, 2.05) is 66.7 Å². The van der Waals surface area contributed by atoms with Gasteiger partial charge in [-0.15, -0.1) is 5.10 Å². The minimum atomic E-state index is -0.340. The number of hydrogen-bond acceptors (Lipinski definition) is 3. The Bertz CT molecular complexity index is 1140. The molecule has 144 valence electrons. The van der Waals surface area contributed by atoms with Crippen molar-refractivity contribution in [2.75, 3.05) is 0 Å².